The number of nitrogens with one attached hydrogen (secondary N) is 1. The molecule has 1 saturated heterocycles. The molecule has 1 aromatic heterocycles. The Hall–Kier alpha value is -2.43. The van der Waals surface area contributed by atoms with Crippen molar-refractivity contribution in [2.24, 2.45) is 0 Å². The number of nitrogens with zero attached hydrogens (tertiary/aromatic N) is 3. The van der Waals surface area contributed by atoms with Gasteiger partial charge in [-0.2, -0.15) is 5.26 Å². The predicted octanol–water partition coefficient (Wildman–Crippen LogP) is 1.93. The molecule has 1 unspecified atom stereocenters. The van der Waals surface area contributed by atoms with Gasteiger partial charge in [-0.25, -0.2) is 4.98 Å². The van der Waals surface area contributed by atoms with Crippen molar-refractivity contribution in [3.63, 3.8) is 0 Å². The van der Waals surface area contributed by atoms with Gasteiger partial charge in [0, 0.05) is 6.20 Å². The van der Waals surface area contributed by atoms with Crippen LogP contribution in [0.4, 0.5) is 5.13 Å². The maximum absolute atomic E-state index is 12.2. The van der Waals surface area contributed by atoms with Gasteiger partial charge < -0.3 is 9.64 Å². The lowest BCUT2D eigenvalue weighted by Gasteiger charge is -2.27. The Morgan fingerprint density at radius 2 is 2.27 bits per heavy atom. The number of hydrogen-bond donors (Lipinski definition) is 1. The summed E-state index contributed by atoms with van der Waals surface area (Å²) in [6.45, 7) is 1.17. The molecule has 2 aromatic rings. The van der Waals surface area contributed by atoms with Crippen molar-refractivity contribution in [1.82, 2.24) is 9.88 Å². The van der Waals surface area contributed by atoms with Crippen molar-refractivity contribution >= 4 is 22.4 Å². The zero-order chi connectivity index (χ0) is 15.4. The van der Waals surface area contributed by atoms with Crippen LogP contribution in [0.15, 0.2) is 36.5 Å². The van der Waals surface area contributed by atoms with E-state index in [0.29, 0.717) is 18.3 Å². The molecule has 7 heteroatoms. The average Bonchev–Trinajstić information content (AvgIpc) is 3.04. The zero-order valence-corrected chi connectivity index (χ0v) is 12.5. The molecule has 2 heterocycles. The Morgan fingerprint density at radius 1 is 1.45 bits per heavy atom. The first-order chi connectivity index (χ1) is 10.8. The third-order valence-corrected chi connectivity index (χ3v) is 4.26. The summed E-state index contributed by atoms with van der Waals surface area (Å²) < 4.78 is 5.41. The molecule has 112 valence electrons. The molecular weight excluding hydrogens is 300 g/mol. The highest BCUT2D eigenvalue weighted by Crippen LogP contribution is 2.28. The first kappa shape index (κ1) is 14.5. The summed E-state index contributed by atoms with van der Waals surface area (Å²) in [6, 6.07) is 9.86. The van der Waals surface area contributed by atoms with Crippen molar-refractivity contribution in [2.45, 2.75) is 6.10 Å². The molecule has 3 rings (SSSR count). The van der Waals surface area contributed by atoms with Crippen LogP contribution >= 0.6 is 11.3 Å². The summed E-state index contributed by atoms with van der Waals surface area (Å²) in [7, 11) is 0. The number of morpholine rings is 1. The zero-order valence-electron chi connectivity index (χ0n) is 11.7. The molecule has 0 spiro atoms. The number of nitriles is 1. The molecule has 6 nitrogen and oxygen atoms in total. The van der Waals surface area contributed by atoms with Crippen molar-refractivity contribution in [2.75, 3.05) is 25.0 Å². The van der Waals surface area contributed by atoms with Gasteiger partial charge in [0.1, 0.15) is 0 Å². The standard InChI is InChI=1S/C15H14N4O2S/c16-10-19-6-7-21-12(9-19)14(20)18-15-17-8-13(22-15)11-4-2-1-3-5-11/h1-5,8,12H,6-7,9H2,(H,17,18,20). The molecule has 1 aromatic carbocycles. The Labute approximate surface area is 132 Å². The average molecular weight is 314 g/mol. The Balaban J connectivity index is 1.65. The predicted molar refractivity (Wildman–Crippen MR) is 83.1 cm³/mol. The summed E-state index contributed by atoms with van der Waals surface area (Å²) in [5, 5.41) is 12.2. The van der Waals surface area contributed by atoms with E-state index in [9.17, 15) is 4.79 Å². The van der Waals surface area contributed by atoms with Crippen LogP contribution in [-0.2, 0) is 9.53 Å². The Kier molecular flexibility index (Phi) is 4.32. The lowest BCUT2D eigenvalue weighted by Crippen LogP contribution is -2.46. The number of anilines is 1. The first-order valence-electron chi connectivity index (χ1n) is 6.84. The third kappa shape index (κ3) is 3.24. The van der Waals surface area contributed by atoms with E-state index in [2.05, 4.69) is 10.3 Å². The minimum atomic E-state index is -0.641. The van der Waals surface area contributed by atoms with E-state index in [1.807, 2.05) is 36.5 Å². The number of rotatable bonds is 3. The second-order valence-electron chi connectivity index (χ2n) is 4.79. The summed E-state index contributed by atoms with van der Waals surface area (Å²) in [6.07, 6.45) is 3.13. The minimum absolute atomic E-state index is 0.270. The molecule has 0 bridgehead atoms. The first-order valence-corrected chi connectivity index (χ1v) is 7.66. The van der Waals surface area contributed by atoms with Crippen LogP contribution in [0.25, 0.3) is 10.4 Å². The summed E-state index contributed by atoms with van der Waals surface area (Å²) >= 11 is 1.41. The molecule has 1 amide bonds. The molecule has 1 N–H and O–H groups in total. The Morgan fingerprint density at radius 3 is 3.05 bits per heavy atom. The second-order valence-corrected chi connectivity index (χ2v) is 5.82. The van der Waals surface area contributed by atoms with Crippen molar-refractivity contribution in [3.05, 3.63) is 36.5 Å². The molecule has 1 aliphatic heterocycles. The summed E-state index contributed by atoms with van der Waals surface area (Å²) in [4.78, 5) is 18.9. The van der Waals surface area contributed by atoms with Gasteiger partial charge in [-0.15, -0.1) is 0 Å². The van der Waals surface area contributed by atoms with E-state index >= 15 is 0 Å². The van der Waals surface area contributed by atoms with Gasteiger partial charge in [0.15, 0.2) is 17.4 Å². The Bertz CT molecular complexity index is 695. The van der Waals surface area contributed by atoms with Crippen LogP contribution in [0.3, 0.4) is 0 Å². The molecule has 0 saturated carbocycles. The molecule has 1 fully saturated rings. The van der Waals surface area contributed by atoms with E-state index in [0.717, 1.165) is 10.4 Å². The van der Waals surface area contributed by atoms with Crippen LogP contribution < -0.4 is 5.32 Å². The number of aromatic nitrogens is 1. The maximum atomic E-state index is 12.2. The van der Waals surface area contributed by atoms with Gasteiger partial charge in [-0.1, -0.05) is 41.7 Å². The molecular formula is C15H14N4O2S. The SMILES string of the molecule is N#CN1CCOC(C(=O)Nc2ncc(-c3ccccc3)s2)C1. The van der Waals surface area contributed by atoms with Crippen LogP contribution in [0.5, 0.6) is 0 Å². The van der Waals surface area contributed by atoms with Crippen LogP contribution in [0.2, 0.25) is 0 Å². The smallest absolute Gasteiger partial charge is 0.257 e. The van der Waals surface area contributed by atoms with Crippen molar-refractivity contribution in [3.8, 4) is 16.6 Å². The van der Waals surface area contributed by atoms with Gasteiger partial charge in [0.25, 0.3) is 5.91 Å². The number of amides is 1. The van der Waals surface area contributed by atoms with E-state index in [4.69, 9.17) is 10.00 Å². The minimum Gasteiger partial charge on any atom is -0.365 e. The van der Waals surface area contributed by atoms with E-state index in [-0.39, 0.29) is 12.5 Å². The molecule has 0 aliphatic carbocycles. The highest BCUT2D eigenvalue weighted by Gasteiger charge is 2.26. The number of carbonyl (C=O) groups excluding carboxylic acids is 1. The fourth-order valence-electron chi connectivity index (χ4n) is 2.15. The van der Waals surface area contributed by atoms with Gasteiger partial charge >= 0.3 is 0 Å². The van der Waals surface area contributed by atoms with Gasteiger partial charge in [-0.3, -0.25) is 10.1 Å². The quantitative estimate of drug-likeness (QED) is 0.876. The lowest BCUT2D eigenvalue weighted by atomic mass is 10.2. The van der Waals surface area contributed by atoms with Crippen LogP contribution in [-0.4, -0.2) is 41.6 Å². The largest absolute Gasteiger partial charge is 0.365 e. The van der Waals surface area contributed by atoms with Crippen molar-refractivity contribution < 1.29 is 9.53 Å². The number of hydrogen-bond acceptors (Lipinski definition) is 6. The van der Waals surface area contributed by atoms with Gasteiger partial charge in [0.2, 0.25) is 0 Å². The number of carbonyl (C=O) groups is 1. The summed E-state index contributed by atoms with van der Waals surface area (Å²) in [5.74, 6) is -0.270. The van der Waals surface area contributed by atoms with E-state index < -0.39 is 6.10 Å². The molecule has 1 aliphatic rings. The fourth-order valence-corrected chi connectivity index (χ4v) is 2.98. The monoisotopic (exact) mass is 314 g/mol. The molecule has 1 atom stereocenters. The fraction of sp³-hybridized carbons (Fsp3) is 0.267. The highest BCUT2D eigenvalue weighted by molar-refractivity contribution is 7.19. The normalized spacial score (nSPS) is 17.8. The number of ether oxygens (including phenoxy) is 1. The highest BCUT2D eigenvalue weighted by atomic mass is 32.1. The number of thiazole rings is 1. The maximum Gasteiger partial charge on any atom is 0.257 e. The third-order valence-electron chi connectivity index (χ3n) is 3.29. The topological polar surface area (TPSA) is 78.2 Å². The second kappa shape index (κ2) is 6.56. The summed E-state index contributed by atoms with van der Waals surface area (Å²) in [5.41, 5.74) is 1.06. The molecule has 0 radical (unpaired) electrons. The van der Waals surface area contributed by atoms with Crippen LogP contribution in [0, 0.1) is 11.5 Å². The van der Waals surface area contributed by atoms with E-state index in [1.165, 1.54) is 16.2 Å². The van der Waals surface area contributed by atoms with Crippen molar-refractivity contribution in [1.29, 1.82) is 5.26 Å². The molecule has 22 heavy (non-hydrogen) atoms. The van der Waals surface area contributed by atoms with Crippen LogP contribution in [0.1, 0.15) is 0 Å². The van der Waals surface area contributed by atoms with E-state index in [1.54, 1.807) is 6.20 Å². The lowest BCUT2D eigenvalue weighted by molar-refractivity contribution is -0.131. The van der Waals surface area contributed by atoms with Gasteiger partial charge in [-0.05, 0) is 5.56 Å². The van der Waals surface area contributed by atoms with Gasteiger partial charge in [0.05, 0.1) is 24.6 Å². The number of benzene rings is 1.